The van der Waals surface area contributed by atoms with Crippen LogP contribution in [0.2, 0.25) is 5.02 Å². The summed E-state index contributed by atoms with van der Waals surface area (Å²) in [6.45, 7) is 3.74. The molecular weight excluding hydrogens is 368 g/mol. The van der Waals surface area contributed by atoms with Crippen molar-refractivity contribution in [2.24, 2.45) is 0 Å². The SMILES string of the molecule is Cc1ccc(NC(=O)C(=O)Nc2ccc(Cl)cc2C)c(Br)c1. The number of hydrogen-bond acceptors (Lipinski definition) is 2. The number of nitrogens with one attached hydrogen (secondary N) is 2. The van der Waals surface area contributed by atoms with Crippen molar-refractivity contribution in [2.45, 2.75) is 13.8 Å². The molecule has 4 nitrogen and oxygen atoms in total. The molecule has 2 rings (SSSR count). The molecule has 0 unspecified atom stereocenters. The molecule has 2 aromatic carbocycles. The monoisotopic (exact) mass is 380 g/mol. The Hall–Kier alpha value is -1.85. The molecule has 0 aliphatic heterocycles. The minimum absolute atomic E-state index is 0.540. The van der Waals surface area contributed by atoms with Crippen molar-refractivity contribution >= 4 is 50.7 Å². The van der Waals surface area contributed by atoms with Crippen LogP contribution in [0, 0.1) is 13.8 Å². The summed E-state index contributed by atoms with van der Waals surface area (Å²) in [6, 6.07) is 10.5. The van der Waals surface area contributed by atoms with Gasteiger partial charge in [-0.1, -0.05) is 17.7 Å². The summed E-state index contributed by atoms with van der Waals surface area (Å²) in [5, 5.41) is 5.70. The number of benzene rings is 2. The molecule has 0 aliphatic rings. The first-order valence-corrected chi connectivity index (χ1v) is 7.68. The molecule has 2 amide bonds. The molecule has 2 aromatic rings. The number of carbonyl (C=O) groups is 2. The molecule has 0 saturated heterocycles. The van der Waals surface area contributed by atoms with Crippen LogP contribution < -0.4 is 10.6 Å². The fourth-order valence-electron chi connectivity index (χ4n) is 1.85. The van der Waals surface area contributed by atoms with Crippen molar-refractivity contribution in [3.8, 4) is 0 Å². The van der Waals surface area contributed by atoms with Gasteiger partial charge in [0.1, 0.15) is 0 Å². The number of halogens is 2. The molecule has 0 aromatic heterocycles. The normalized spacial score (nSPS) is 10.2. The Bertz CT molecular complexity index is 683. The highest BCUT2D eigenvalue weighted by atomic mass is 79.9. The van der Waals surface area contributed by atoms with Gasteiger partial charge in [-0.15, -0.1) is 0 Å². The van der Waals surface area contributed by atoms with Crippen molar-refractivity contribution in [1.29, 1.82) is 0 Å². The fourth-order valence-corrected chi connectivity index (χ4v) is 2.67. The van der Waals surface area contributed by atoms with Gasteiger partial charge >= 0.3 is 11.8 Å². The minimum Gasteiger partial charge on any atom is -0.318 e. The third-order valence-corrected chi connectivity index (χ3v) is 3.91. The molecular formula is C16H14BrClN2O2. The van der Waals surface area contributed by atoms with E-state index in [-0.39, 0.29) is 0 Å². The quantitative estimate of drug-likeness (QED) is 0.762. The van der Waals surface area contributed by atoms with E-state index in [1.165, 1.54) is 0 Å². The van der Waals surface area contributed by atoms with Gasteiger partial charge in [0.05, 0.1) is 5.69 Å². The highest BCUT2D eigenvalue weighted by Gasteiger charge is 2.16. The van der Waals surface area contributed by atoms with Crippen LogP contribution in [0.4, 0.5) is 11.4 Å². The number of rotatable bonds is 2. The first kappa shape index (κ1) is 16.5. The molecule has 0 spiro atoms. The van der Waals surface area contributed by atoms with Gasteiger partial charge in [0.15, 0.2) is 0 Å². The maximum absolute atomic E-state index is 12.0. The van der Waals surface area contributed by atoms with Crippen LogP contribution in [-0.4, -0.2) is 11.8 Å². The van der Waals surface area contributed by atoms with E-state index in [1.54, 1.807) is 31.2 Å². The highest BCUT2D eigenvalue weighted by Crippen LogP contribution is 2.23. The van der Waals surface area contributed by atoms with Gasteiger partial charge in [-0.25, -0.2) is 0 Å². The van der Waals surface area contributed by atoms with Crippen molar-refractivity contribution in [3.63, 3.8) is 0 Å². The van der Waals surface area contributed by atoms with E-state index in [9.17, 15) is 9.59 Å². The van der Waals surface area contributed by atoms with Crippen molar-refractivity contribution in [2.75, 3.05) is 10.6 Å². The Morgan fingerprint density at radius 3 is 2.14 bits per heavy atom. The van der Waals surface area contributed by atoms with Crippen molar-refractivity contribution in [1.82, 2.24) is 0 Å². The predicted octanol–water partition coefficient (Wildman–Crippen LogP) is 4.30. The Labute approximate surface area is 142 Å². The molecule has 0 aliphatic carbocycles. The lowest BCUT2D eigenvalue weighted by atomic mass is 10.2. The zero-order valence-corrected chi connectivity index (χ0v) is 14.4. The van der Waals surface area contributed by atoms with Gasteiger partial charge in [-0.3, -0.25) is 9.59 Å². The highest BCUT2D eigenvalue weighted by molar-refractivity contribution is 9.10. The van der Waals surface area contributed by atoms with E-state index >= 15 is 0 Å². The summed E-state index contributed by atoms with van der Waals surface area (Å²) in [5.41, 5.74) is 2.92. The number of aryl methyl sites for hydroxylation is 2. The Morgan fingerprint density at radius 2 is 1.55 bits per heavy atom. The van der Waals surface area contributed by atoms with E-state index < -0.39 is 11.8 Å². The van der Waals surface area contributed by atoms with Crippen LogP contribution in [0.1, 0.15) is 11.1 Å². The molecule has 2 N–H and O–H groups in total. The lowest BCUT2D eigenvalue weighted by molar-refractivity contribution is -0.133. The van der Waals surface area contributed by atoms with Gasteiger partial charge in [0, 0.05) is 15.2 Å². The maximum Gasteiger partial charge on any atom is 0.314 e. The number of anilines is 2. The summed E-state index contributed by atoms with van der Waals surface area (Å²) >= 11 is 9.21. The summed E-state index contributed by atoms with van der Waals surface area (Å²) in [6.07, 6.45) is 0. The molecule has 0 radical (unpaired) electrons. The second-order valence-electron chi connectivity index (χ2n) is 4.85. The number of hydrogen-bond donors (Lipinski definition) is 2. The second-order valence-corrected chi connectivity index (χ2v) is 6.14. The summed E-state index contributed by atoms with van der Waals surface area (Å²) < 4.78 is 0.719. The summed E-state index contributed by atoms with van der Waals surface area (Å²) in [4.78, 5) is 23.9. The lowest BCUT2D eigenvalue weighted by Gasteiger charge is -2.10. The van der Waals surface area contributed by atoms with Crippen LogP contribution in [-0.2, 0) is 9.59 Å². The van der Waals surface area contributed by atoms with Gasteiger partial charge in [0.2, 0.25) is 0 Å². The molecule has 0 bridgehead atoms. The molecule has 0 fully saturated rings. The summed E-state index contributed by atoms with van der Waals surface area (Å²) in [7, 11) is 0. The molecule has 114 valence electrons. The average molecular weight is 382 g/mol. The molecule has 0 heterocycles. The number of amides is 2. The van der Waals surface area contributed by atoms with Gasteiger partial charge in [-0.2, -0.15) is 0 Å². The van der Waals surface area contributed by atoms with E-state index in [4.69, 9.17) is 11.6 Å². The first-order valence-electron chi connectivity index (χ1n) is 6.51. The Kier molecular flexibility index (Phi) is 5.21. The first-order chi connectivity index (χ1) is 10.4. The smallest absolute Gasteiger partial charge is 0.314 e. The predicted molar refractivity (Wildman–Crippen MR) is 92.3 cm³/mol. The van der Waals surface area contributed by atoms with E-state index in [2.05, 4.69) is 26.6 Å². The van der Waals surface area contributed by atoms with E-state index in [1.807, 2.05) is 19.1 Å². The Morgan fingerprint density at radius 1 is 0.955 bits per heavy atom. The topological polar surface area (TPSA) is 58.2 Å². The molecule has 22 heavy (non-hydrogen) atoms. The minimum atomic E-state index is -0.738. The van der Waals surface area contributed by atoms with Gasteiger partial charge in [0.25, 0.3) is 0 Å². The largest absolute Gasteiger partial charge is 0.318 e. The van der Waals surface area contributed by atoms with Crippen molar-refractivity contribution < 1.29 is 9.59 Å². The lowest BCUT2D eigenvalue weighted by Crippen LogP contribution is -2.29. The van der Waals surface area contributed by atoms with Gasteiger partial charge in [-0.05, 0) is 71.2 Å². The van der Waals surface area contributed by atoms with Crippen LogP contribution in [0.5, 0.6) is 0 Å². The van der Waals surface area contributed by atoms with Crippen LogP contribution in [0.3, 0.4) is 0 Å². The second kappa shape index (κ2) is 6.94. The third kappa shape index (κ3) is 4.08. The number of carbonyl (C=O) groups excluding carboxylic acids is 2. The molecule has 6 heteroatoms. The van der Waals surface area contributed by atoms with Crippen LogP contribution in [0.25, 0.3) is 0 Å². The van der Waals surface area contributed by atoms with Crippen LogP contribution >= 0.6 is 27.5 Å². The average Bonchev–Trinajstić information content (AvgIpc) is 2.44. The van der Waals surface area contributed by atoms with Gasteiger partial charge < -0.3 is 10.6 Å². The molecule has 0 atom stereocenters. The van der Waals surface area contributed by atoms with Crippen molar-refractivity contribution in [3.05, 3.63) is 57.0 Å². The van der Waals surface area contributed by atoms with E-state index in [0.29, 0.717) is 16.4 Å². The molecule has 0 saturated carbocycles. The third-order valence-electron chi connectivity index (χ3n) is 3.02. The Balaban J connectivity index is 2.07. The maximum atomic E-state index is 12.0. The fraction of sp³-hybridized carbons (Fsp3) is 0.125. The summed E-state index contributed by atoms with van der Waals surface area (Å²) in [5.74, 6) is -1.48. The van der Waals surface area contributed by atoms with Crippen LogP contribution in [0.15, 0.2) is 40.9 Å². The zero-order valence-electron chi connectivity index (χ0n) is 12.0. The zero-order chi connectivity index (χ0) is 16.3. The standard InChI is InChI=1S/C16H14BrClN2O2/c1-9-3-5-14(12(17)7-9)20-16(22)15(21)19-13-6-4-11(18)8-10(13)2/h3-8H,1-2H3,(H,19,21)(H,20,22). The van der Waals surface area contributed by atoms with E-state index in [0.717, 1.165) is 15.6 Å².